The Hall–Kier alpha value is -1.17. The van der Waals surface area contributed by atoms with Gasteiger partial charge in [0.25, 0.3) is 0 Å². The van der Waals surface area contributed by atoms with Gasteiger partial charge in [-0.05, 0) is 22.4 Å². The number of halogens is 1. The third-order valence-corrected chi connectivity index (χ3v) is 2.87. The molecule has 0 aliphatic carbocycles. The van der Waals surface area contributed by atoms with Crippen molar-refractivity contribution in [3.05, 3.63) is 16.5 Å². The molecule has 0 radical (unpaired) electrons. The number of amides is 1. The van der Waals surface area contributed by atoms with E-state index in [9.17, 15) is 4.79 Å². The van der Waals surface area contributed by atoms with Crippen molar-refractivity contribution in [2.45, 2.75) is 39.5 Å². The molecular formula is C13H21BrN4O. The molecule has 6 heteroatoms. The van der Waals surface area contributed by atoms with Gasteiger partial charge in [-0.3, -0.25) is 4.79 Å². The topological polar surface area (TPSA) is 66.9 Å². The molecule has 1 rings (SSSR count). The van der Waals surface area contributed by atoms with E-state index in [1.54, 1.807) is 0 Å². The molecule has 0 unspecified atom stereocenters. The molecule has 1 aromatic rings. The molecule has 1 amide bonds. The maximum Gasteiger partial charge on any atom is 0.221 e. The Kier molecular flexibility index (Phi) is 6.77. The van der Waals surface area contributed by atoms with Gasteiger partial charge in [0.15, 0.2) is 0 Å². The number of anilines is 1. The molecule has 2 N–H and O–H groups in total. The summed E-state index contributed by atoms with van der Waals surface area (Å²) in [6.45, 7) is 7.42. The van der Waals surface area contributed by atoms with Crippen molar-refractivity contribution in [3.8, 4) is 0 Å². The number of aromatic nitrogens is 2. The van der Waals surface area contributed by atoms with Crippen molar-refractivity contribution >= 4 is 27.7 Å². The van der Waals surface area contributed by atoms with Gasteiger partial charge in [0.1, 0.15) is 16.2 Å². The highest BCUT2D eigenvalue weighted by Crippen LogP contribution is 2.17. The molecule has 0 aromatic carbocycles. The first-order valence-corrected chi connectivity index (χ1v) is 7.37. The third-order valence-electron chi connectivity index (χ3n) is 2.46. The van der Waals surface area contributed by atoms with E-state index in [1.165, 1.54) is 0 Å². The van der Waals surface area contributed by atoms with Gasteiger partial charge >= 0.3 is 0 Å². The number of rotatable bonds is 7. The van der Waals surface area contributed by atoms with E-state index in [0.29, 0.717) is 13.0 Å². The number of carbonyl (C=O) groups is 1. The van der Waals surface area contributed by atoms with Gasteiger partial charge < -0.3 is 10.6 Å². The highest BCUT2D eigenvalue weighted by Gasteiger charge is 2.07. The molecule has 1 heterocycles. The number of hydrogen-bond donors (Lipinski definition) is 2. The highest BCUT2D eigenvalue weighted by molar-refractivity contribution is 9.10. The predicted octanol–water partition coefficient (Wildman–Crippen LogP) is 2.69. The van der Waals surface area contributed by atoms with Crippen LogP contribution in [-0.2, 0) is 4.79 Å². The first kappa shape index (κ1) is 15.9. The van der Waals surface area contributed by atoms with Crippen molar-refractivity contribution in [1.29, 1.82) is 0 Å². The van der Waals surface area contributed by atoms with Crippen LogP contribution in [0.25, 0.3) is 0 Å². The Morgan fingerprint density at radius 2 is 2.11 bits per heavy atom. The van der Waals surface area contributed by atoms with Crippen LogP contribution in [-0.4, -0.2) is 29.0 Å². The van der Waals surface area contributed by atoms with Gasteiger partial charge in [-0.2, -0.15) is 0 Å². The van der Waals surface area contributed by atoms with Crippen LogP contribution in [0.2, 0.25) is 0 Å². The predicted molar refractivity (Wildman–Crippen MR) is 80.2 cm³/mol. The van der Waals surface area contributed by atoms with E-state index in [4.69, 9.17) is 0 Å². The van der Waals surface area contributed by atoms with Crippen LogP contribution in [0.15, 0.2) is 10.7 Å². The van der Waals surface area contributed by atoms with Crippen molar-refractivity contribution in [2.75, 3.05) is 18.4 Å². The monoisotopic (exact) mass is 328 g/mol. The quantitative estimate of drug-likeness (QED) is 0.755. The maximum atomic E-state index is 11.4. The molecule has 0 aliphatic heterocycles. The molecule has 0 aliphatic rings. The highest BCUT2D eigenvalue weighted by atomic mass is 79.9. The second-order valence-electron chi connectivity index (χ2n) is 4.62. The smallest absolute Gasteiger partial charge is 0.221 e. The minimum absolute atomic E-state index is 0.0616. The molecular weight excluding hydrogens is 308 g/mol. The van der Waals surface area contributed by atoms with Crippen molar-refractivity contribution in [1.82, 2.24) is 15.3 Å². The minimum atomic E-state index is 0.0616. The molecule has 0 bridgehead atoms. The van der Waals surface area contributed by atoms with E-state index in [1.807, 2.05) is 26.8 Å². The summed E-state index contributed by atoms with van der Waals surface area (Å²) in [6, 6.07) is 1.82. The molecule has 106 valence electrons. The average molecular weight is 329 g/mol. The van der Waals surface area contributed by atoms with Crippen LogP contribution < -0.4 is 10.6 Å². The zero-order valence-corrected chi connectivity index (χ0v) is 13.2. The Labute approximate surface area is 122 Å². The lowest BCUT2D eigenvalue weighted by Gasteiger charge is -2.09. The SMILES string of the molecule is CCCNC(=O)CCNc1cc(Br)nc(C(C)C)n1. The number of nitrogens with one attached hydrogen (secondary N) is 2. The Morgan fingerprint density at radius 1 is 1.37 bits per heavy atom. The summed E-state index contributed by atoms with van der Waals surface area (Å²) in [4.78, 5) is 20.2. The molecule has 0 fully saturated rings. The normalized spacial score (nSPS) is 10.6. The van der Waals surface area contributed by atoms with E-state index < -0.39 is 0 Å². The van der Waals surface area contributed by atoms with Crippen LogP contribution >= 0.6 is 15.9 Å². The first-order chi connectivity index (χ1) is 9.02. The first-order valence-electron chi connectivity index (χ1n) is 6.58. The molecule has 1 aromatic heterocycles. The average Bonchev–Trinajstić information content (AvgIpc) is 2.35. The van der Waals surface area contributed by atoms with Gasteiger partial charge in [-0.1, -0.05) is 20.8 Å². The molecule has 0 spiro atoms. The Balaban J connectivity index is 2.47. The van der Waals surface area contributed by atoms with E-state index in [-0.39, 0.29) is 11.8 Å². The van der Waals surface area contributed by atoms with Crippen LogP contribution in [0, 0.1) is 0 Å². The fourth-order valence-electron chi connectivity index (χ4n) is 1.44. The summed E-state index contributed by atoms with van der Waals surface area (Å²) < 4.78 is 0.754. The largest absolute Gasteiger partial charge is 0.369 e. The fraction of sp³-hybridized carbons (Fsp3) is 0.615. The number of nitrogens with zero attached hydrogens (tertiary/aromatic N) is 2. The summed E-state index contributed by atoms with van der Waals surface area (Å²) in [5, 5.41) is 5.98. The summed E-state index contributed by atoms with van der Waals surface area (Å²) in [5.41, 5.74) is 0. The van der Waals surface area contributed by atoms with Crippen LogP contribution in [0.4, 0.5) is 5.82 Å². The van der Waals surface area contributed by atoms with Crippen molar-refractivity contribution < 1.29 is 4.79 Å². The van der Waals surface area contributed by atoms with Gasteiger partial charge in [-0.15, -0.1) is 0 Å². The van der Waals surface area contributed by atoms with Crippen molar-refractivity contribution in [3.63, 3.8) is 0 Å². The van der Waals surface area contributed by atoms with Gasteiger partial charge in [0.05, 0.1) is 0 Å². The Bertz CT molecular complexity index is 423. The van der Waals surface area contributed by atoms with Crippen molar-refractivity contribution in [2.24, 2.45) is 0 Å². The fourth-order valence-corrected chi connectivity index (χ4v) is 1.84. The summed E-state index contributed by atoms with van der Waals surface area (Å²) in [6.07, 6.45) is 1.40. The molecule has 0 atom stereocenters. The standard InChI is InChI=1S/C13H21BrN4O/c1-4-6-16-12(19)5-7-15-11-8-10(14)17-13(18-11)9(2)3/h8-9H,4-7H2,1-3H3,(H,16,19)(H,15,17,18). The lowest BCUT2D eigenvalue weighted by molar-refractivity contribution is -0.120. The Morgan fingerprint density at radius 3 is 2.74 bits per heavy atom. The summed E-state index contributed by atoms with van der Waals surface area (Å²) >= 11 is 3.37. The number of hydrogen-bond acceptors (Lipinski definition) is 4. The number of carbonyl (C=O) groups excluding carboxylic acids is 1. The van der Waals surface area contributed by atoms with E-state index in [2.05, 4.69) is 36.5 Å². The molecule has 5 nitrogen and oxygen atoms in total. The van der Waals surface area contributed by atoms with Gasteiger partial charge in [0, 0.05) is 31.5 Å². The molecule has 19 heavy (non-hydrogen) atoms. The van der Waals surface area contributed by atoms with Crippen LogP contribution in [0.1, 0.15) is 45.4 Å². The maximum absolute atomic E-state index is 11.4. The second kappa shape index (κ2) is 8.09. The minimum Gasteiger partial charge on any atom is -0.369 e. The molecule has 0 saturated heterocycles. The second-order valence-corrected chi connectivity index (χ2v) is 5.43. The van der Waals surface area contributed by atoms with Gasteiger partial charge in [0.2, 0.25) is 5.91 Å². The lowest BCUT2D eigenvalue weighted by Crippen LogP contribution is -2.26. The molecule has 0 saturated carbocycles. The third kappa shape index (κ3) is 6.00. The summed E-state index contributed by atoms with van der Waals surface area (Å²) in [7, 11) is 0. The zero-order valence-electron chi connectivity index (χ0n) is 11.7. The zero-order chi connectivity index (χ0) is 14.3. The van der Waals surface area contributed by atoms with Gasteiger partial charge in [-0.25, -0.2) is 9.97 Å². The summed E-state index contributed by atoms with van der Waals surface area (Å²) in [5.74, 6) is 1.86. The lowest BCUT2D eigenvalue weighted by atomic mass is 10.2. The van der Waals surface area contributed by atoms with Crippen LogP contribution in [0.3, 0.4) is 0 Å². The van der Waals surface area contributed by atoms with Crippen LogP contribution in [0.5, 0.6) is 0 Å². The van der Waals surface area contributed by atoms with E-state index >= 15 is 0 Å². The van der Waals surface area contributed by atoms with E-state index in [0.717, 1.165) is 29.2 Å².